The summed E-state index contributed by atoms with van der Waals surface area (Å²) in [4.78, 5) is 28.8. The predicted octanol–water partition coefficient (Wildman–Crippen LogP) is 5.70. The molecule has 0 spiro atoms. The fourth-order valence-electron chi connectivity index (χ4n) is 9.02. The lowest BCUT2D eigenvalue weighted by Crippen LogP contribution is -2.52. The van der Waals surface area contributed by atoms with Gasteiger partial charge in [0.05, 0.1) is 16.8 Å². The van der Waals surface area contributed by atoms with E-state index in [-0.39, 0.29) is 47.8 Å². The summed E-state index contributed by atoms with van der Waals surface area (Å²) in [7, 11) is 1.98. The minimum atomic E-state index is -0.948. The third-order valence-electron chi connectivity index (χ3n) is 11.5. The van der Waals surface area contributed by atoms with E-state index in [1.54, 1.807) is 18.2 Å². The summed E-state index contributed by atoms with van der Waals surface area (Å²) in [6.07, 6.45) is 11.9. The number of hydrogen-bond acceptors (Lipinski definition) is 8. The number of carbonyl (C=O) groups is 1. The minimum Gasteiger partial charge on any atom is -0.508 e. The first-order valence-electron chi connectivity index (χ1n) is 18.2. The van der Waals surface area contributed by atoms with Crippen molar-refractivity contribution >= 4 is 22.5 Å². The average Bonchev–Trinajstić information content (AvgIpc) is 3.72. The van der Waals surface area contributed by atoms with Crippen LogP contribution in [0.2, 0.25) is 0 Å². The Morgan fingerprint density at radius 3 is 2.82 bits per heavy atom. The number of halogens is 2. The fourth-order valence-corrected chi connectivity index (χ4v) is 9.02. The van der Waals surface area contributed by atoms with Crippen molar-refractivity contribution in [3.05, 3.63) is 65.1 Å². The van der Waals surface area contributed by atoms with Gasteiger partial charge in [0.1, 0.15) is 30.2 Å². The molecule has 0 saturated carbocycles. The van der Waals surface area contributed by atoms with Crippen LogP contribution in [0.4, 0.5) is 14.6 Å². The zero-order valence-electron chi connectivity index (χ0n) is 29.5. The zero-order valence-corrected chi connectivity index (χ0v) is 29.5. The van der Waals surface area contributed by atoms with Crippen LogP contribution in [0.25, 0.3) is 10.8 Å². The van der Waals surface area contributed by atoms with Crippen molar-refractivity contribution in [1.29, 1.82) is 0 Å². The average molecular weight is 700 g/mol. The molecule has 0 radical (unpaired) electrons. The predicted molar refractivity (Wildman–Crippen MR) is 192 cm³/mol. The molecular formula is C40H47F2N5O4. The van der Waals surface area contributed by atoms with E-state index in [0.29, 0.717) is 69.3 Å². The number of likely N-dealkylation sites (N-methyl/N-ethyl adjacent to an activating group) is 1. The van der Waals surface area contributed by atoms with E-state index in [1.807, 2.05) is 11.9 Å². The van der Waals surface area contributed by atoms with Crippen LogP contribution in [0.5, 0.6) is 11.8 Å². The summed E-state index contributed by atoms with van der Waals surface area (Å²) in [6.45, 7) is 8.95. The highest BCUT2D eigenvalue weighted by atomic mass is 19.1. The van der Waals surface area contributed by atoms with Crippen LogP contribution in [-0.2, 0) is 22.4 Å². The second kappa shape index (κ2) is 14.4. The highest BCUT2D eigenvalue weighted by Gasteiger charge is 2.46. The Hall–Kier alpha value is -4.27. The van der Waals surface area contributed by atoms with Gasteiger partial charge in [0.15, 0.2) is 0 Å². The molecular weight excluding hydrogens is 652 g/mol. The third-order valence-corrected chi connectivity index (χ3v) is 11.5. The number of fused-ring (bicyclic) bond motifs is 2. The maximum Gasteiger partial charge on any atom is 0.318 e. The quantitative estimate of drug-likeness (QED) is 0.225. The first-order chi connectivity index (χ1) is 24.6. The van der Waals surface area contributed by atoms with Crippen molar-refractivity contribution in [2.75, 3.05) is 51.4 Å². The molecule has 4 aliphatic rings. The fraction of sp³-hybridized carbons (Fsp3) is 0.525. The van der Waals surface area contributed by atoms with Crippen molar-refractivity contribution < 1.29 is 28.2 Å². The van der Waals surface area contributed by atoms with Crippen molar-refractivity contribution in [2.24, 2.45) is 0 Å². The van der Waals surface area contributed by atoms with Crippen LogP contribution in [0.3, 0.4) is 0 Å². The highest BCUT2D eigenvalue weighted by molar-refractivity contribution is 5.93. The molecule has 4 heterocycles. The van der Waals surface area contributed by atoms with Crippen LogP contribution >= 0.6 is 0 Å². The molecule has 1 amide bonds. The lowest BCUT2D eigenvalue weighted by Gasteiger charge is -2.41. The van der Waals surface area contributed by atoms with Crippen LogP contribution in [-0.4, -0.2) is 101 Å². The van der Waals surface area contributed by atoms with E-state index < -0.39 is 17.5 Å². The van der Waals surface area contributed by atoms with Crippen molar-refractivity contribution in [3.8, 4) is 24.1 Å². The molecule has 3 aliphatic heterocycles. The number of carbonyl (C=O) groups excluding carboxylic acids is 1. The largest absolute Gasteiger partial charge is 0.508 e. The maximum atomic E-state index is 15.0. The molecule has 0 bridgehead atoms. The molecule has 1 aliphatic carbocycles. The maximum absolute atomic E-state index is 15.0. The van der Waals surface area contributed by atoms with E-state index >= 15 is 4.39 Å². The van der Waals surface area contributed by atoms with Crippen molar-refractivity contribution in [1.82, 2.24) is 19.8 Å². The van der Waals surface area contributed by atoms with Gasteiger partial charge in [0, 0.05) is 69.3 Å². The molecule has 3 saturated heterocycles. The topological polar surface area (TPSA) is 91.3 Å². The summed E-state index contributed by atoms with van der Waals surface area (Å²) < 4.78 is 42.0. The Bertz CT molecular complexity index is 1860. The number of anilines is 1. The van der Waals surface area contributed by atoms with Crippen LogP contribution in [0.15, 0.2) is 36.9 Å². The first kappa shape index (κ1) is 35.1. The first-order valence-corrected chi connectivity index (χ1v) is 18.2. The Labute approximate surface area is 298 Å². The number of amides is 1. The zero-order chi connectivity index (χ0) is 35.9. The molecule has 1 aromatic heterocycles. The van der Waals surface area contributed by atoms with Crippen LogP contribution < -0.4 is 9.64 Å². The van der Waals surface area contributed by atoms with Gasteiger partial charge in [-0.25, -0.2) is 8.78 Å². The standard InChI is InChI=1S/C40H47F2N5O4/c1-5-31-34(42)12-10-26-18-30(48)20-33(37(26)31)25-9-11-32-35(19-25)43-39(44-38(32)45(4)23-29-8-7-15-46(29)36(49)6-2)51-24-40(3)21-27(41)22-47(40)28-13-16-50-17-14-28/h1,6,10,12,18,20,25,27-29,48H,2,7-9,11,13-17,19,21-24H2,3-4H3/t25-,27+,29-,40-/m0/s1. The Balaban J connectivity index is 1.23. The normalized spacial score (nSPS) is 25.5. The number of rotatable bonds is 9. The second-order valence-corrected chi connectivity index (χ2v) is 14.9. The van der Waals surface area contributed by atoms with Gasteiger partial charge in [-0.05, 0) is 93.0 Å². The highest BCUT2D eigenvalue weighted by Crippen LogP contribution is 2.42. The molecule has 2 aromatic carbocycles. The smallest absolute Gasteiger partial charge is 0.318 e. The summed E-state index contributed by atoms with van der Waals surface area (Å²) in [6, 6.07) is 6.73. The number of benzene rings is 2. The van der Waals surface area contributed by atoms with E-state index in [0.717, 1.165) is 48.3 Å². The molecule has 51 heavy (non-hydrogen) atoms. The van der Waals surface area contributed by atoms with Crippen LogP contribution in [0.1, 0.15) is 73.8 Å². The Morgan fingerprint density at radius 2 is 2.06 bits per heavy atom. The lowest BCUT2D eigenvalue weighted by atomic mass is 9.79. The van der Waals surface area contributed by atoms with Gasteiger partial charge in [-0.1, -0.05) is 18.6 Å². The third kappa shape index (κ3) is 6.88. The van der Waals surface area contributed by atoms with Crippen molar-refractivity contribution in [3.63, 3.8) is 0 Å². The van der Waals surface area contributed by atoms with Crippen LogP contribution in [0, 0.1) is 18.2 Å². The SMILES string of the molecule is C#Cc1c(F)ccc2cc(O)cc([C@H]3CCc4c(nc(OC[C@]5(C)C[C@@H](F)CN5C5CCOCC5)nc4N(C)C[C@@H]4CCCN4C(=O)C=C)C3)c12. The number of alkyl halides is 1. The molecule has 11 heteroatoms. The van der Waals surface area contributed by atoms with Gasteiger partial charge in [0.2, 0.25) is 5.91 Å². The summed E-state index contributed by atoms with van der Waals surface area (Å²) in [5.41, 5.74) is 2.22. The summed E-state index contributed by atoms with van der Waals surface area (Å²) in [5.74, 6) is 2.70. The second-order valence-electron chi connectivity index (χ2n) is 14.9. The monoisotopic (exact) mass is 699 g/mol. The molecule has 9 nitrogen and oxygen atoms in total. The molecule has 4 atom stereocenters. The van der Waals surface area contributed by atoms with E-state index in [4.69, 9.17) is 25.9 Å². The van der Waals surface area contributed by atoms with Crippen molar-refractivity contribution in [2.45, 2.75) is 88.0 Å². The van der Waals surface area contributed by atoms with Gasteiger partial charge in [-0.15, -0.1) is 6.42 Å². The molecule has 270 valence electrons. The number of phenolic OH excluding ortho intramolecular Hbond substituents is 1. The summed E-state index contributed by atoms with van der Waals surface area (Å²) >= 11 is 0. The molecule has 7 rings (SSSR count). The Morgan fingerprint density at radius 1 is 1.25 bits per heavy atom. The van der Waals surface area contributed by atoms with E-state index in [9.17, 15) is 14.3 Å². The van der Waals surface area contributed by atoms with Gasteiger partial charge in [-0.2, -0.15) is 9.97 Å². The molecule has 0 unspecified atom stereocenters. The number of likely N-dealkylation sites (tertiary alicyclic amines) is 2. The number of aromatic nitrogens is 2. The number of ether oxygens (including phenoxy) is 2. The van der Waals surface area contributed by atoms with Gasteiger partial charge in [0.25, 0.3) is 0 Å². The van der Waals surface area contributed by atoms with E-state index in [1.165, 1.54) is 12.1 Å². The number of aromatic hydroxyl groups is 1. The van der Waals surface area contributed by atoms with E-state index in [2.05, 4.69) is 29.2 Å². The number of terminal acetylenes is 1. The van der Waals surface area contributed by atoms with Gasteiger partial charge in [-0.3, -0.25) is 9.69 Å². The molecule has 1 N–H and O–H groups in total. The lowest BCUT2D eigenvalue weighted by molar-refractivity contribution is -0.126. The van der Waals surface area contributed by atoms with Gasteiger partial charge < -0.3 is 24.4 Å². The molecule has 3 fully saturated rings. The van der Waals surface area contributed by atoms with Gasteiger partial charge >= 0.3 is 6.01 Å². The summed E-state index contributed by atoms with van der Waals surface area (Å²) in [5, 5.41) is 12.0. The number of hydrogen-bond donors (Lipinski definition) is 1. The molecule has 3 aromatic rings. The minimum absolute atomic E-state index is 0.00878. The number of nitrogens with zero attached hydrogens (tertiary/aromatic N) is 5. The Kier molecular flexibility index (Phi) is 9.92. The number of phenols is 1.